The van der Waals surface area contributed by atoms with Gasteiger partial charge in [-0.15, -0.1) is 0 Å². The van der Waals surface area contributed by atoms with Crippen LogP contribution in [0.25, 0.3) is 10.9 Å². The van der Waals surface area contributed by atoms with Crippen molar-refractivity contribution in [2.45, 2.75) is 74.9 Å². The molecule has 1 saturated heterocycles. The third-order valence-corrected chi connectivity index (χ3v) is 9.92. The van der Waals surface area contributed by atoms with Crippen LogP contribution < -0.4 is 25.7 Å². The maximum absolute atomic E-state index is 13.8. The summed E-state index contributed by atoms with van der Waals surface area (Å²) in [7, 11) is 0. The van der Waals surface area contributed by atoms with E-state index < -0.39 is 5.25 Å². The molecular formula is C32H38N4O6S. The van der Waals surface area contributed by atoms with Gasteiger partial charge in [0.2, 0.25) is 18.6 Å². The van der Waals surface area contributed by atoms with Gasteiger partial charge in [-0.25, -0.2) is 4.98 Å². The molecule has 11 heteroatoms. The van der Waals surface area contributed by atoms with Crippen LogP contribution in [0.3, 0.4) is 0 Å². The summed E-state index contributed by atoms with van der Waals surface area (Å²) in [5.41, 5.74) is 1.13. The van der Waals surface area contributed by atoms with E-state index in [9.17, 15) is 14.4 Å². The number of nitrogens with zero attached hydrogens (tertiary/aromatic N) is 2. The Morgan fingerprint density at radius 3 is 2.67 bits per heavy atom. The summed E-state index contributed by atoms with van der Waals surface area (Å²) >= 11 is 1.32. The number of thioether (sulfide) groups is 1. The molecular weight excluding hydrogens is 568 g/mol. The molecule has 3 aromatic rings. The van der Waals surface area contributed by atoms with Crippen LogP contribution in [0.2, 0.25) is 0 Å². The molecule has 6 rings (SSSR count). The number of para-hydroxylation sites is 1. The second kappa shape index (κ2) is 13.4. The zero-order chi connectivity index (χ0) is 29.8. The largest absolute Gasteiger partial charge is 0.454 e. The van der Waals surface area contributed by atoms with E-state index in [2.05, 4.69) is 10.6 Å². The Hall–Kier alpha value is -3.57. The third kappa shape index (κ3) is 6.83. The summed E-state index contributed by atoms with van der Waals surface area (Å²) < 4.78 is 18.2. The Bertz CT molecular complexity index is 1530. The van der Waals surface area contributed by atoms with Gasteiger partial charge in [0.05, 0.1) is 22.3 Å². The fourth-order valence-corrected chi connectivity index (χ4v) is 7.10. The van der Waals surface area contributed by atoms with Crippen LogP contribution in [0.5, 0.6) is 11.5 Å². The molecule has 43 heavy (non-hydrogen) atoms. The highest BCUT2D eigenvalue weighted by atomic mass is 32.2. The predicted octanol–water partition coefficient (Wildman–Crippen LogP) is 4.74. The SMILES string of the molecule is CCC(Sc1nc2ccccc2c(=O)n1CC1CCC(C(=O)NCC2CCCO2)CC1)C(=O)Nc1ccc2c(c1)OCO2. The number of carbonyl (C=O) groups is 2. The second-order valence-corrected chi connectivity index (χ2v) is 12.7. The maximum atomic E-state index is 13.8. The molecule has 1 aliphatic carbocycles. The van der Waals surface area contributed by atoms with Gasteiger partial charge in [-0.05, 0) is 75.1 Å². The van der Waals surface area contributed by atoms with Gasteiger partial charge in [-0.2, -0.15) is 0 Å². The first-order valence-corrected chi connectivity index (χ1v) is 16.1. The molecule has 0 bridgehead atoms. The monoisotopic (exact) mass is 606 g/mol. The number of aromatic nitrogens is 2. The van der Waals surface area contributed by atoms with Gasteiger partial charge in [-0.1, -0.05) is 30.8 Å². The molecule has 1 saturated carbocycles. The lowest BCUT2D eigenvalue weighted by molar-refractivity contribution is -0.126. The number of amides is 2. The zero-order valence-electron chi connectivity index (χ0n) is 24.4. The van der Waals surface area contributed by atoms with Crippen molar-refractivity contribution in [2.75, 3.05) is 25.3 Å². The van der Waals surface area contributed by atoms with Crippen LogP contribution in [0, 0.1) is 11.8 Å². The maximum Gasteiger partial charge on any atom is 0.262 e. The predicted molar refractivity (Wildman–Crippen MR) is 165 cm³/mol. The first-order chi connectivity index (χ1) is 21.0. The fraction of sp³-hybridized carbons (Fsp3) is 0.500. The minimum absolute atomic E-state index is 0.0118. The van der Waals surface area contributed by atoms with Crippen LogP contribution in [0.1, 0.15) is 51.9 Å². The smallest absolute Gasteiger partial charge is 0.262 e. The molecule has 2 atom stereocenters. The minimum Gasteiger partial charge on any atom is -0.454 e. The Kier molecular flexibility index (Phi) is 9.18. The van der Waals surface area contributed by atoms with E-state index in [1.807, 2.05) is 25.1 Å². The Labute approximate surface area is 254 Å². The number of carbonyl (C=O) groups excluding carboxylic acids is 2. The summed E-state index contributed by atoms with van der Waals surface area (Å²) in [6.45, 7) is 3.97. The van der Waals surface area contributed by atoms with Crippen molar-refractivity contribution >= 4 is 40.2 Å². The van der Waals surface area contributed by atoms with E-state index >= 15 is 0 Å². The van der Waals surface area contributed by atoms with Crippen molar-refractivity contribution in [2.24, 2.45) is 11.8 Å². The Morgan fingerprint density at radius 2 is 1.88 bits per heavy atom. The summed E-state index contributed by atoms with van der Waals surface area (Å²) in [4.78, 5) is 44.8. The number of rotatable bonds is 10. The molecule has 1 aromatic heterocycles. The molecule has 2 N–H and O–H groups in total. The molecule has 0 radical (unpaired) electrons. The molecule has 228 valence electrons. The van der Waals surface area contributed by atoms with Gasteiger partial charge < -0.3 is 24.8 Å². The summed E-state index contributed by atoms with van der Waals surface area (Å²) in [5.74, 6) is 1.41. The van der Waals surface area contributed by atoms with Crippen molar-refractivity contribution in [1.82, 2.24) is 14.9 Å². The topological polar surface area (TPSA) is 121 Å². The number of hydrogen-bond acceptors (Lipinski definition) is 8. The Morgan fingerprint density at radius 1 is 1.07 bits per heavy atom. The lowest BCUT2D eigenvalue weighted by Gasteiger charge is -2.29. The molecule has 10 nitrogen and oxygen atoms in total. The first kappa shape index (κ1) is 29.5. The summed E-state index contributed by atoms with van der Waals surface area (Å²) in [6.07, 6.45) is 6.02. The number of nitrogens with one attached hydrogen (secondary N) is 2. The normalized spacial score (nSPS) is 21.9. The van der Waals surface area contributed by atoms with Gasteiger partial charge in [-0.3, -0.25) is 19.0 Å². The average Bonchev–Trinajstić information content (AvgIpc) is 3.73. The van der Waals surface area contributed by atoms with E-state index in [1.165, 1.54) is 11.8 Å². The van der Waals surface area contributed by atoms with Crippen LogP contribution in [-0.2, 0) is 20.9 Å². The second-order valence-electron chi connectivity index (χ2n) is 11.5. The van der Waals surface area contributed by atoms with Gasteiger partial charge in [0.15, 0.2) is 16.7 Å². The van der Waals surface area contributed by atoms with Crippen molar-refractivity contribution in [3.63, 3.8) is 0 Å². The van der Waals surface area contributed by atoms with Gasteiger partial charge in [0.25, 0.3) is 5.56 Å². The van der Waals surface area contributed by atoms with Gasteiger partial charge >= 0.3 is 0 Å². The third-order valence-electron chi connectivity index (χ3n) is 8.56. The molecule has 2 aromatic carbocycles. The zero-order valence-corrected chi connectivity index (χ0v) is 25.2. The number of hydrogen-bond donors (Lipinski definition) is 2. The van der Waals surface area contributed by atoms with Crippen molar-refractivity contribution in [3.8, 4) is 11.5 Å². The number of anilines is 1. The molecule has 2 fully saturated rings. The highest BCUT2D eigenvalue weighted by Crippen LogP contribution is 2.35. The van der Waals surface area contributed by atoms with Crippen molar-refractivity contribution in [1.29, 1.82) is 0 Å². The number of ether oxygens (including phenoxy) is 3. The fourth-order valence-electron chi connectivity index (χ4n) is 6.07. The first-order valence-electron chi connectivity index (χ1n) is 15.2. The van der Waals surface area contributed by atoms with Crippen molar-refractivity contribution in [3.05, 3.63) is 52.8 Å². The van der Waals surface area contributed by atoms with Crippen LogP contribution in [-0.4, -0.2) is 52.7 Å². The van der Waals surface area contributed by atoms with E-state index in [0.717, 1.165) is 45.1 Å². The van der Waals surface area contributed by atoms with Crippen LogP contribution in [0.4, 0.5) is 5.69 Å². The molecule has 2 amide bonds. The van der Waals surface area contributed by atoms with Crippen LogP contribution in [0.15, 0.2) is 52.4 Å². The quantitative estimate of drug-likeness (QED) is 0.251. The van der Waals surface area contributed by atoms with Gasteiger partial charge in [0.1, 0.15) is 0 Å². The van der Waals surface area contributed by atoms with Gasteiger partial charge in [0, 0.05) is 37.4 Å². The summed E-state index contributed by atoms with van der Waals surface area (Å²) in [6, 6.07) is 12.6. The lowest BCUT2D eigenvalue weighted by atomic mass is 9.81. The summed E-state index contributed by atoms with van der Waals surface area (Å²) in [5, 5.41) is 6.70. The molecule has 3 heterocycles. The molecule has 2 unspecified atom stereocenters. The standard InChI is InChI=1S/C32H38N4O6S/c1-2-28(30(38)34-22-13-14-26-27(16-22)42-19-41-26)43-32-35-25-8-4-3-7-24(25)31(39)36(32)18-20-9-11-21(12-10-20)29(37)33-17-23-6-5-15-40-23/h3-4,7-8,13-14,16,20-21,23,28H,2,5-6,9-12,15,17-19H2,1H3,(H,33,37)(H,34,38). The number of fused-ring (bicyclic) bond motifs is 2. The molecule has 3 aliphatic rings. The van der Waals surface area contributed by atoms with E-state index in [1.54, 1.807) is 28.8 Å². The van der Waals surface area contributed by atoms with Crippen LogP contribution >= 0.6 is 11.8 Å². The van der Waals surface area contributed by atoms with E-state index in [-0.39, 0.29) is 42.1 Å². The molecule has 2 aliphatic heterocycles. The highest BCUT2D eigenvalue weighted by molar-refractivity contribution is 8.00. The minimum atomic E-state index is -0.465. The molecule has 0 spiro atoms. The lowest BCUT2D eigenvalue weighted by Crippen LogP contribution is -2.38. The average molecular weight is 607 g/mol. The van der Waals surface area contributed by atoms with E-state index in [0.29, 0.717) is 52.8 Å². The van der Waals surface area contributed by atoms with Crippen molar-refractivity contribution < 1.29 is 23.8 Å². The van der Waals surface area contributed by atoms with E-state index in [4.69, 9.17) is 19.2 Å². The Balaban J connectivity index is 1.14. The highest BCUT2D eigenvalue weighted by Gasteiger charge is 2.29. The number of benzene rings is 2.